The van der Waals surface area contributed by atoms with Gasteiger partial charge in [-0.25, -0.2) is 0 Å². The molecule has 6 heteroatoms. The highest BCUT2D eigenvalue weighted by Gasteiger charge is 2.07. The van der Waals surface area contributed by atoms with Crippen LogP contribution in [0.4, 0.5) is 5.69 Å². The van der Waals surface area contributed by atoms with Gasteiger partial charge < -0.3 is 15.6 Å². The fourth-order valence-electron chi connectivity index (χ4n) is 1.66. The number of benzene rings is 1. The number of nitrogens with two attached hydrogens (primary N) is 1. The predicted octanol–water partition coefficient (Wildman–Crippen LogP) is 1.37. The molecule has 0 spiro atoms. The molecule has 0 aliphatic carbocycles. The number of hydrogen-bond acceptors (Lipinski definition) is 4. The SMILES string of the molecule is Cc1ccc(C(N)=S)c(NCc2nncn2C)c1. The topological polar surface area (TPSA) is 68.8 Å². The van der Waals surface area contributed by atoms with Crippen LogP contribution in [0.5, 0.6) is 0 Å². The molecular formula is C12H15N5S. The number of nitrogens with one attached hydrogen (secondary N) is 1. The molecule has 1 heterocycles. The third-order valence-electron chi connectivity index (χ3n) is 2.68. The Morgan fingerprint density at radius 3 is 2.89 bits per heavy atom. The normalized spacial score (nSPS) is 10.3. The molecule has 3 N–H and O–H groups in total. The molecule has 0 atom stereocenters. The van der Waals surface area contributed by atoms with E-state index < -0.39 is 0 Å². The first kappa shape index (κ1) is 12.5. The minimum atomic E-state index is 0.385. The van der Waals surface area contributed by atoms with E-state index in [9.17, 15) is 0 Å². The van der Waals surface area contributed by atoms with Crippen molar-refractivity contribution in [2.24, 2.45) is 12.8 Å². The van der Waals surface area contributed by atoms with Gasteiger partial charge in [-0.15, -0.1) is 10.2 Å². The maximum atomic E-state index is 5.70. The molecule has 0 saturated heterocycles. The van der Waals surface area contributed by atoms with E-state index in [0.29, 0.717) is 11.5 Å². The summed E-state index contributed by atoms with van der Waals surface area (Å²) in [4.78, 5) is 0.385. The standard InChI is InChI=1S/C12H15N5S/c1-8-3-4-9(12(13)18)10(5-8)14-6-11-16-15-7-17(11)2/h3-5,7,14H,6H2,1-2H3,(H2,13,18). The molecule has 0 aliphatic rings. The minimum Gasteiger partial charge on any atom is -0.389 e. The quantitative estimate of drug-likeness (QED) is 0.814. The summed E-state index contributed by atoms with van der Waals surface area (Å²) in [6.45, 7) is 2.60. The molecule has 0 bridgehead atoms. The maximum absolute atomic E-state index is 5.70. The van der Waals surface area contributed by atoms with Crippen LogP contribution in [0.3, 0.4) is 0 Å². The average molecular weight is 261 g/mol. The Morgan fingerprint density at radius 1 is 1.50 bits per heavy atom. The Balaban J connectivity index is 2.20. The van der Waals surface area contributed by atoms with Gasteiger partial charge in [0, 0.05) is 18.3 Å². The van der Waals surface area contributed by atoms with Crippen LogP contribution in [0, 0.1) is 6.92 Å². The van der Waals surface area contributed by atoms with Gasteiger partial charge in [0.1, 0.15) is 11.3 Å². The van der Waals surface area contributed by atoms with Crippen LogP contribution in [-0.2, 0) is 13.6 Å². The second-order valence-electron chi connectivity index (χ2n) is 4.12. The van der Waals surface area contributed by atoms with Crippen LogP contribution >= 0.6 is 12.2 Å². The zero-order valence-corrected chi connectivity index (χ0v) is 11.2. The van der Waals surface area contributed by atoms with Gasteiger partial charge in [-0.3, -0.25) is 0 Å². The van der Waals surface area contributed by atoms with Crippen LogP contribution < -0.4 is 11.1 Å². The molecule has 1 aromatic carbocycles. The molecule has 2 aromatic rings. The Bertz CT molecular complexity index is 576. The summed E-state index contributed by atoms with van der Waals surface area (Å²) < 4.78 is 1.86. The highest BCUT2D eigenvalue weighted by Crippen LogP contribution is 2.18. The monoisotopic (exact) mass is 261 g/mol. The summed E-state index contributed by atoms with van der Waals surface area (Å²) >= 11 is 5.04. The Labute approximate surface area is 111 Å². The summed E-state index contributed by atoms with van der Waals surface area (Å²) in [5, 5.41) is 11.1. The maximum Gasteiger partial charge on any atom is 0.151 e. The lowest BCUT2D eigenvalue weighted by atomic mass is 10.1. The van der Waals surface area contributed by atoms with Gasteiger partial charge in [-0.2, -0.15) is 0 Å². The predicted molar refractivity (Wildman–Crippen MR) is 75.4 cm³/mol. The van der Waals surface area contributed by atoms with E-state index >= 15 is 0 Å². The molecule has 18 heavy (non-hydrogen) atoms. The molecule has 0 radical (unpaired) electrons. The summed E-state index contributed by atoms with van der Waals surface area (Å²) in [6, 6.07) is 5.93. The summed E-state index contributed by atoms with van der Waals surface area (Å²) in [7, 11) is 1.90. The number of aromatic nitrogens is 3. The van der Waals surface area contributed by atoms with Crippen molar-refractivity contribution in [1.29, 1.82) is 0 Å². The number of thiocarbonyl (C=S) groups is 1. The van der Waals surface area contributed by atoms with E-state index in [-0.39, 0.29) is 0 Å². The van der Waals surface area contributed by atoms with E-state index in [4.69, 9.17) is 18.0 Å². The molecule has 0 fully saturated rings. The summed E-state index contributed by atoms with van der Waals surface area (Å²) in [5.41, 5.74) is 8.62. The van der Waals surface area contributed by atoms with E-state index in [2.05, 4.69) is 15.5 Å². The third-order valence-corrected chi connectivity index (χ3v) is 2.90. The molecule has 2 rings (SSSR count). The fourth-order valence-corrected chi connectivity index (χ4v) is 1.84. The highest BCUT2D eigenvalue weighted by atomic mass is 32.1. The second-order valence-corrected chi connectivity index (χ2v) is 4.56. The summed E-state index contributed by atoms with van der Waals surface area (Å²) in [5.74, 6) is 0.852. The van der Waals surface area contributed by atoms with Crippen LogP contribution in [0.2, 0.25) is 0 Å². The minimum absolute atomic E-state index is 0.385. The lowest BCUT2D eigenvalue weighted by molar-refractivity contribution is 0.812. The molecule has 5 nitrogen and oxygen atoms in total. The zero-order valence-electron chi connectivity index (χ0n) is 10.3. The average Bonchev–Trinajstić information content (AvgIpc) is 2.72. The van der Waals surface area contributed by atoms with Gasteiger partial charge in [-0.1, -0.05) is 18.3 Å². The van der Waals surface area contributed by atoms with Crippen molar-refractivity contribution in [2.45, 2.75) is 13.5 Å². The van der Waals surface area contributed by atoms with Gasteiger partial charge >= 0.3 is 0 Å². The van der Waals surface area contributed by atoms with Gasteiger partial charge in [0.15, 0.2) is 5.82 Å². The Kier molecular flexibility index (Phi) is 3.57. The van der Waals surface area contributed by atoms with Crippen molar-refractivity contribution in [3.8, 4) is 0 Å². The Hall–Kier alpha value is -1.95. The molecular weight excluding hydrogens is 246 g/mol. The van der Waals surface area contributed by atoms with Crippen molar-refractivity contribution in [3.63, 3.8) is 0 Å². The van der Waals surface area contributed by atoms with E-state index in [1.807, 2.05) is 36.7 Å². The first-order chi connectivity index (χ1) is 8.58. The first-order valence-corrected chi connectivity index (χ1v) is 5.96. The largest absolute Gasteiger partial charge is 0.389 e. The summed E-state index contributed by atoms with van der Waals surface area (Å²) in [6.07, 6.45) is 1.67. The molecule has 0 saturated carbocycles. The number of nitrogens with zero attached hydrogens (tertiary/aromatic N) is 3. The van der Waals surface area contributed by atoms with Gasteiger partial charge in [0.25, 0.3) is 0 Å². The molecule has 1 aromatic heterocycles. The fraction of sp³-hybridized carbons (Fsp3) is 0.250. The van der Waals surface area contributed by atoms with Crippen LogP contribution in [-0.4, -0.2) is 19.8 Å². The van der Waals surface area contributed by atoms with Crippen molar-refractivity contribution in [1.82, 2.24) is 14.8 Å². The van der Waals surface area contributed by atoms with Gasteiger partial charge in [0.05, 0.1) is 6.54 Å². The highest BCUT2D eigenvalue weighted by molar-refractivity contribution is 7.80. The van der Waals surface area contributed by atoms with Crippen molar-refractivity contribution >= 4 is 22.9 Å². The zero-order chi connectivity index (χ0) is 13.1. The lowest BCUT2D eigenvalue weighted by Crippen LogP contribution is -2.14. The van der Waals surface area contributed by atoms with Gasteiger partial charge in [0.2, 0.25) is 0 Å². The second kappa shape index (κ2) is 5.14. The number of hydrogen-bond donors (Lipinski definition) is 2. The van der Waals surface area contributed by atoms with Gasteiger partial charge in [-0.05, 0) is 24.6 Å². The van der Waals surface area contributed by atoms with Crippen molar-refractivity contribution < 1.29 is 0 Å². The molecule has 0 aliphatic heterocycles. The van der Waals surface area contributed by atoms with Crippen LogP contribution in [0.25, 0.3) is 0 Å². The van der Waals surface area contributed by atoms with E-state index in [1.165, 1.54) is 0 Å². The third kappa shape index (κ3) is 2.65. The molecule has 94 valence electrons. The first-order valence-electron chi connectivity index (χ1n) is 5.55. The Morgan fingerprint density at radius 2 is 2.28 bits per heavy atom. The smallest absolute Gasteiger partial charge is 0.151 e. The van der Waals surface area contributed by atoms with E-state index in [1.54, 1.807) is 6.33 Å². The number of rotatable bonds is 4. The number of aryl methyl sites for hydroxylation is 2. The van der Waals surface area contributed by atoms with Crippen molar-refractivity contribution in [3.05, 3.63) is 41.5 Å². The van der Waals surface area contributed by atoms with Crippen molar-refractivity contribution in [2.75, 3.05) is 5.32 Å². The lowest BCUT2D eigenvalue weighted by Gasteiger charge is -2.11. The number of anilines is 1. The van der Waals surface area contributed by atoms with Crippen LogP contribution in [0.1, 0.15) is 17.0 Å². The van der Waals surface area contributed by atoms with Crippen LogP contribution in [0.15, 0.2) is 24.5 Å². The van der Waals surface area contributed by atoms with E-state index in [0.717, 1.165) is 22.6 Å². The molecule has 0 amide bonds. The molecule has 0 unspecified atom stereocenters.